The lowest BCUT2D eigenvalue weighted by Crippen LogP contribution is -2.32. The van der Waals surface area contributed by atoms with Gasteiger partial charge in [0.05, 0.1) is 15.7 Å². The average Bonchev–Trinajstić information content (AvgIpc) is 2.50. The number of carbonyl (C=O) groups is 1. The van der Waals surface area contributed by atoms with Crippen molar-refractivity contribution in [1.29, 1.82) is 0 Å². The van der Waals surface area contributed by atoms with Crippen LogP contribution >= 0.6 is 34.8 Å². The summed E-state index contributed by atoms with van der Waals surface area (Å²) in [5.74, 6) is 0.254. The van der Waals surface area contributed by atoms with Crippen LogP contribution in [0.15, 0.2) is 42.5 Å². The number of halogens is 3. The summed E-state index contributed by atoms with van der Waals surface area (Å²) in [6.07, 6.45) is -0.162. The highest BCUT2D eigenvalue weighted by molar-refractivity contribution is 6.39. The monoisotopic (exact) mass is 357 g/mol. The van der Waals surface area contributed by atoms with Gasteiger partial charge >= 0.3 is 0 Å². The van der Waals surface area contributed by atoms with E-state index in [1.54, 1.807) is 42.5 Å². The minimum Gasteiger partial charge on any atom is -0.481 e. The molecule has 0 saturated carbocycles. The van der Waals surface area contributed by atoms with Gasteiger partial charge in [-0.2, -0.15) is 0 Å². The predicted octanol–water partition coefficient (Wildman–Crippen LogP) is 5.44. The maximum Gasteiger partial charge on any atom is 0.265 e. The Morgan fingerprint density at radius 3 is 2.23 bits per heavy atom. The topological polar surface area (TPSA) is 38.3 Å². The highest BCUT2D eigenvalue weighted by Gasteiger charge is 2.20. The molecule has 3 nitrogen and oxygen atoms in total. The fraction of sp³-hybridized carbons (Fsp3) is 0.188. The number of amides is 1. The first kappa shape index (κ1) is 16.9. The molecule has 1 atom stereocenters. The molecule has 6 heteroatoms. The predicted molar refractivity (Wildman–Crippen MR) is 91.3 cm³/mol. The standard InChI is InChI=1S/C16H14Cl3NO2/c1-2-14(22-11-8-6-10(17)7-9-11)16(21)20-15-12(18)4-3-5-13(15)19/h3-9,14H,2H2,1H3,(H,20,21)/t14-/m1/s1. The summed E-state index contributed by atoms with van der Waals surface area (Å²) in [6, 6.07) is 11.8. The van der Waals surface area contributed by atoms with Crippen molar-refractivity contribution >= 4 is 46.4 Å². The number of nitrogens with one attached hydrogen (secondary N) is 1. The molecule has 0 aliphatic carbocycles. The lowest BCUT2D eigenvalue weighted by atomic mass is 10.2. The molecule has 0 bridgehead atoms. The number of rotatable bonds is 5. The molecule has 0 spiro atoms. The molecular weight excluding hydrogens is 345 g/mol. The SMILES string of the molecule is CC[C@@H](Oc1ccc(Cl)cc1)C(=O)Nc1c(Cl)cccc1Cl. The second-order valence-corrected chi connectivity index (χ2v) is 5.81. The molecule has 22 heavy (non-hydrogen) atoms. The first-order valence-electron chi connectivity index (χ1n) is 6.68. The van der Waals surface area contributed by atoms with Crippen LogP contribution in [0.3, 0.4) is 0 Å². The fourth-order valence-electron chi connectivity index (χ4n) is 1.82. The zero-order valence-corrected chi connectivity index (χ0v) is 14.0. The van der Waals surface area contributed by atoms with Crippen LogP contribution < -0.4 is 10.1 Å². The second kappa shape index (κ2) is 7.73. The second-order valence-electron chi connectivity index (χ2n) is 4.55. The van der Waals surface area contributed by atoms with E-state index < -0.39 is 6.10 Å². The maximum atomic E-state index is 12.3. The summed E-state index contributed by atoms with van der Waals surface area (Å²) in [4.78, 5) is 12.3. The van der Waals surface area contributed by atoms with Crippen LogP contribution in [0, 0.1) is 0 Å². The number of hydrogen-bond donors (Lipinski definition) is 1. The van der Waals surface area contributed by atoms with Crippen molar-refractivity contribution in [2.75, 3.05) is 5.32 Å². The first-order chi connectivity index (χ1) is 10.5. The van der Waals surface area contributed by atoms with Gasteiger partial charge in [-0.25, -0.2) is 0 Å². The highest BCUT2D eigenvalue weighted by Crippen LogP contribution is 2.30. The molecule has 1 amide bonds. The summed E-state index contributed by atoms with van der Waals surface area (Å²) in [6.45, 7) is 1.86. The Hall–Kier alpha value is -1.42. The Morgan fingerprint density at radius 2 is 1.68 bits per heavy atom. The Bertz CT molecular complexity index is 639. The van der Waals surface area contributed by atoms with Crippen LogP contribution in [0.2, 0.25) is 15.1 Å². The van der Waals surface area contributed by atoms with Crippen LogP contribution in [-0.4, -0.2) is 12.0 Å². The molecule has 0 aromatic heterocycles. The largest absolute Gasteiger partial charge is 0.481 e. The zero-order valence-electron chi connectivity index (χ0n) is 11.8. The van der Waals surface area contributed by atoms with E-state index in [-0.39, 0.29) is 5.91 Å². The van der Waals surface area contributed by atoms with Gasteiger partial charge in [0.1, 0.15) is 5.75 Å². The summed E-state index contributed by atoms with van der Waals surface area (Å²) in [5.41, 5.74) is 0.383. The highest BCUT2D eigenvalue weighted by atomic mass is 35.5. The Labute approximate surface area is 144 Å². The van der Waals surface area contributed by atoms with E-state index in [9.17, 15) is 4.79 Å². The number of anilines is 1. The minimum atomic E-state index is -0.659. The van der Waals surface area contributed by atoms with Gasteiger partial charge in [-0.15, -0.1) is 0 Å². The normalized spacial score (nSPS) is 11.8. The lowest BCUT2D eigenvalue weighted by molar-refractivity contribution is -0.122. The van der Waals surface area contributed by atoms with Crippen molar-refractivity contribution in [2.24, 2.45) is 0 Å². The molecular formula is C16H14Cl3NO2. The van der Waals surface area contributed by atoms with Crippen molar-refractivity contribution in [2.45, 2.75) is 19.4 Å². The lowest BCUT2D eigenvalue weighted by Gasteiger charge is -2.18. The average molecular weight is 359 g/mol. The van der Waals surface area contributed by atoms with Crippen molar-refractivity contribution in [1.82, 2.24) is 0 Å². The number of carbonyl (C=O) groups excluding carboxylic acids is 1. The summed E-state index contributed by atoms with van der Waals surface area (Å²) in [7, 11) is 0. The molecule has 0 fully saturated rings. The van der Waals surface area contributed by atoms with Crippen molar-refractivity contribution in [3.63, 3.8) is 0 Å². The molecule has 1 N–H and O–H groups in total. The molecule has 0 unspecified atom stereocenters. The van der Waals surface area contributed by atoms with Gasteiger partial charge in [-0.3, -0.25) is 4.79 Å². The van der Waals surface area contributed by atoms with Gasteiger partial charge < -0.3 is 10.1 Å². The van der Waals surface area contributed by atoms with E-state index in [1.165, 1.54) is 0 Å². The molecule has 2 rings (SSSR count). The number of para-hydroxylation sites is 1. The Balaban J connectivity index is 2.10. The van der Waals surface area contributed by atoms with Crippen molar-refractivity contribution < 1.29 is 9.53 Å². The molecule has 0 aliphatic heterocycles. The molecule has 0 aliphatic rings. The molecule has 0 heterocycles. The van der Waals surface area contributed by atoms with Gasteiger partial charge in [0, 0.05) is 5.02 Å². The number of benzene rings is 2. The summed E-state index contributed by atoms with van der Waals surface area (Å²) < 4.78 is 5.68. The van der Waals surface area contributed by atoms with Gasteiger partial charge in [-0.05, 0) is 42.8 Å². The first-order valence-corrected chi connectivity index (χ1v) is 7.81. The summed E-state index contributed by atoms with van der Waals surface area (Å²) >= 11 is 17.9. The third kappa shape index (κ3) is 4.29. The molecule has 116 valence electrons. The van der Waals surface area contributed by atoms with Gasteiger partial charge in [0.25, 0.3) is 5.91 Å². The van der Waals surface area contributed by atoms with Gasteiger partial charge in [0.2, 0.25) is 0 Å². The molecule has 2 aromatic rings. The number of hydrogen-bond acceptors (Lipinski definition) is 2. The third-order valence-electron chi connectivity index (χ3n) is 2.97. The minimum absolute atomic E-state index is 0.313. The third-order valence-corrected chi connectivity index (χ3v) is 3.85. The Kier molecular flexibility index (Phi) is 5.95. The smallest absolute Gasteiger partial charge is 0.265 e. The van der Waals surface area contributed by atoms with Crippen LogP contribution in [0.25, 0.3) is 0 Å². The molecule has 0 radical (unpaired) electrons. The van der Waals surface area contributed by atoms with E-state index >= 15 is 0 Å². The van der Waals surface area contributed by atoms with Gasteiger partial charge in [-0.1, -0.05) is 47.8 Å². The van der Waals surface area contributed by atoms with E-state index in [0.29, 0.717) is 32.9 Å². The van der Waals surface area contributed by atoms with E-state index in [1.807, 2.05) is 6.92 Å². The quantitative estimate of drug-likeness (QED) is 0.772. The van der Waals surface area contributed by atoms with Crippen LogP contribution in [0.5, 0.6) is 5.75 Å². The molecule has 0 saturated heterocycles. The zero-order chi connectivity index (χ0) is 16.1. The van der Waals surface area contributed by atoms with Crippen LogP contribution in [0.1, 0.15) is 13.3 Å². The number of ether oxygens (including phenoxy) is 1. The van der Waals surface area contributed by atoms with Gasteiger partial charge in [0.15, 0.2) is 6.10 Å². The molecule has 2 aromatic carbocycles. The maximum absolute atomic E-state index is 12.3. The fourth-order valence-corrected chi connectivity index (χ4v) is 2.44. The van der Waals surface area contributed by atoms with Crippen molar-refractivity contribution in [3.8, 4) is 5.75 Å². The van der Waals surface area contributed by atoms with E-state index in [2.05, 4.69) is 5.32 Å². The van der Waals surface area contributed by atoms with Crippen LogP contribution in [0.4, 0.5) is 5.69 Å². The Morgan fingerprint density at radius 1 is 1.09 bits per heavy atom. The van der Waals surface area contributed by atoms with Crippen LogP contribution in [-0.2, 0) is 4.79 Å². The van der Waals surface area contributed by atoms with Crippen molar-refractivity contribution in [3.05, 3.63) is 57.5 Å². The summed E-state index contributed by atoms with van der Waals surface area (Å²) in [5, 5.41) is 4.07. The van der Waals surface area contributed by atoms with E-state index in [4.69, 9.17) is 39.5 Å². The van der Waals surface area contributed by atoms with E-state index in [0.717, 1.165) is 0 Å².